The first-order valence-corrected chi connectivity index (χ1v) is 5.95. The third kappa shape index (κ3) is 2.96. The summed E-state index contributed by atoms with van der Waals surface area (Å²) in [5, 5.41) is 7.76. The van der Waals surface area contributed by atoms with Crippen LogP contribution >= 0.6 is 23.2 Å². The van der Waals surface area contributed by atoms with E-state index in [1.165, 1.54) is 12.1 Å². The minimum atomic E-state index is -0.510. The van der Waals surface area contributed by atoms with E-state index in [1.807, 2.05) is 0 Å². The van der Waals surface area contributed by atoms with Gasteiger partial charge in [-0.1, -0.05) is 11.6 Å². The number of aryl methyl sites for hydroxylation is 1. The standard InChI is InChI=1S/C11H9Cl2FN2O/c12-5-1-2-10-15-16-11(17-10)7-3-4-8(13)9(14)6-7/h3-4,6H,1-2,5H2. The van der Waals surface area contributed by atoms with Gasteiger partial charge in [0.05, 0.1) is 5.02 Å². The van der Waals surface area contributed by atoms with Gasteiger partial charge in [-0.3, -0.25) is 0 Å². The van der Waals surface area contributed by atoms with Crippen LogP contribution in [-0.4, -0.2) is 16.1 Å². The van der Waals surface area contributed by atoms with Crippen molar-refractivity contribution in [3.63, 3.8) is 0 Å². The van der Waals surface area contributed by atoms with Gasteiger partial charge < -0.3 is 4.42 Å². The SMILES string of the molecule is Fc1cc(-c2nnc(CCCCl)o2)ccc1Cl. The number of benzene rings is 1. The topological polar surface area (TPSA) is 38.9 Å². The van der Waals surface area contributed by atoms with Gasteiger partial charge in [0.2, 0.25) is 11.8 Å². The molecule has 1 heterocycles. The molecule has 2 aromatic rings. The molecule has 0 bridgehead atoms. The zero-order valence-corrected chi connectivity index (χ0v) is 10.3. The molecule has 1 aromatic heterocycles. The van der Waals surface area contributed by atoms with E-state index in [-0.39, 0.29) is 10.9 Å². The molecule has 0 aliphatic carbocycles. The van der Waals surface area contributed by atoms with Crippen LogP contribution in [0, 0.1) is 5.82 Å². The van der Waals surface area contributed by atoms with E-state index < -0.39 is 5.82 Å². The Morgan fingerprint density at radius 3 is 2.82 bits per heavy atom. The van der Waals surface area contributed by atoms with E-state index in [1.54, 1.807) is 6.07 Å². The van der Waals surface area contributed by atoms with Gasteiger partial charge in [0.25, 0.3) is 0 Å². The van der Waals surface area contributed by atoms with Gasteiger partial charge >= 0.3 is 0 Å². The highest BCUT2D eigenvalue weighted by Crippen LogP contribution is 2.23. The molecule has 0 N–H and O–H groups in total. The summed E-state index contributed by atoms with van der Waals surface area (Å²) >= 11 is 11.1. The van der Waals surface area contributed by atoms with E-state index >= 15 is 0 Å². The van der Waals surface area contributed by atoms with E-state index in [0.717, 1.165) is 6.42 Å². The van der Waals surface area contributed by atoms with Crippen LogP contribution < -0.4 is 0 Å². The van der Waals surface area contributed by atoms with Crippen molar-refractivity contribution in [2.45, 2.75) is 12.8 Å². The molecule has 0 aliphatic rings. The summed E-state index contributed by atoms with van der Waals surface area (Å²) in [6.07, 6.45) is 1.38. The maximum Gasteiger partial charge on any atom is 0.247 e. The number of alkyl halides is 1. The largest absolute Gasteiger partial charge is 0.421 e. The highest BCUT2D eigenvalue weighted by atomic mass is 35.5. The normalized spacial score (nSPS) is 10.8. The smallest absolute Gasteiger partial charge is 0.247 e. The molecule has 3 nitrogen and oxygen atoms in total. The Balaban J connectivity index is 2.21. The van der Waals surface area contributed by atoms with Crippen molar-refractivity contribution >= 4 is 23.2 Å². The number of nitrogens with zero attached hydrogens (tertiary/aromatic N) is 2. The first-order valence-electron chi connectivity index (χ1n) is 5.04. The van der Waals surface area contributed by atoms with Gasteiger partial charge in [0.15, 0.2) is 0 Å². The van der Waals surface area contributed by atoms with Gasteiger partial charge in [-0.2, -0.15) is 0 Å². The van der Waals surface area contributed by atoms with Crippen molar-refractivity contribution in [3.8, 4) is 11.5 Å². The predicted octanol–water partition coefficient (Wildman–Crippen LogP) is 3.70. The average Bonchev–Trinajstić information content (AvgIpc) is 2.79. The lowest BCUT2D eigenvalue weighted by atomic mass is 10.2. The molecule has 0 atom stereocenters. The van der Waals surface area contributed by atoms with Crippen molar-refractivity contribution in [2.75, 3.05) is 5.88 Å². The average molecular weight is 275 g/mol. The molecule has 0 radical (unpaired) electrons. The summed E-state index contributed by atoms with van der Waals surface area (Å²) in [4.78, 5) is 0. The van der Waals surface area contributed by atoms with Crippen LogP contribution in [-0.2, 0) is 6.42 Å². The zero-order valence-electron chi connectivity index (χ0n) is 8.79. The Morgan fingerprint density at radius 1 is 1.29 bits per heavy atom. The Hall–Kier alpha value is -1.13. The fourth-order valence-corrected chi connectivity index (χ4v) is 1.57. The summed E-state index contributed by atoms with van der Waals surface area (Å²) in [6, 6.07) is 4.35. The van der Waals surface area contributed by atoms with Crippen molar-refractivity contribution in [1.82, 2.24) is 10.2 Å². The minimum absolute atomic E-state index is 0.0654. The van der Waals surface area contributed by atoms with E-state index in [9.17, 15) is 4.39 Å². The lowest BCUT2D eigenvalue weighted by Gasteiger charge is -1.96. The fourth-order valence-electron chi connectivity index (χ4n) is 1.32. The quantitative estimate of drug-likeness (QED) is 0.798. The van der Waals surface area contributed by atoms with Crippen molar-refractivity contribution in [3.05, 3.63) is 34.9 Å². The second-order valence-electron chi connectivity index (χ2n) is 3.42. The van der Waals surface area contributed by atoms with Gasteiger partial charge in [-0.05, 0) is 24.6 Å². The van der Waals surface area contributed by atoms with E-state index in [2.05, 4.69) is 10.2 Å². The van der Waals surface area contributed by atoms with Crippen LogP contribution in [0.15, 0.2) is 22.6 Å². The molecule has 0 saturated heterocycles. The van der Waals surface area contributed by atoms with E-state index in [0.29, 0.717) is 23.8 Å². The summed E-state index contributed by atoms with van der Waals surface area (Å²) in [7, 11) is 0. The van der Waals surface area contributed by atoms with Gasteiger partial charge in [0.1, 0.15) is 5.82 Å². The van der Waals surface area contributed by atoms with Crippen LogP contribution in [0.1, 0.15) is 12.3 Å². The minimum Gasteiger partial charge on any atom is -0.421 e. The number of halogens is 3. The molecule has 17 heavy (non-hydrogen) atoms. The Kier molecular flexibility index (Phi) is 3.97. The van der Waals surface area contributed by atoms with Crippen LogP contribution in [0.3, 0.4) is 0 Å². The molecule has 2 rings (SSSR count). The Labute approximate surface area is 108 Å². The third-order valence-electron chi connectivity index (χ3n) is 2.16. The monoisotopic (exact) mass is 274 g/mol. The first-order chi connectivity index (χ1) is 8.20. The second-order valence-corrected chi connectivity index (χ2v) is 4.21. The maximum absolute atomic E-state index is 13.2. The van der Waals surface area contributed by atoms with Crippen molar-refractivity contribution in [1.29, 1.82) is 0 Å². The zero-order chi connectivity index (χ0) is 12.3. The summed E-state index contributed by atoms with van der Waals surface area (Å²) < 4.78 is 18.6. The van der Waals surface area contributed by atoms with Crippen LogP contribution in [0.5, 0.6) is 0 Å². The van der Waals surface area contributed by atoms with Crippen molar-refractivity contribution in [2.24, 2.45) is 0 Å². The molecule has 6 heteroatoms. The lowest BCUT2D eigenvalue weighted by Crippen LogP contribution is -1.85. The molecule has 0 saturated carbocycles. The van der Waals surface area contributed by atoms with Crippen LogP contribution in [0.2, 0.25) is 5.02 Å². The molecule has 90 valence electrons. The number of aromatic nitrogens is 2. The molecule has 0 fully saturated rings. The molecule has 1 aromatic carbocycles. The molecule has 0 amide bonds. The summed E-state index contributed by atoms with van der Waals surface area (Å²) in [5.74, 6) is 0.804. The van der Waals surface area contributed by atoms with Crippen molar-refractivity contribution < 1.29 is 8.81 Å². The molecule has 0 unspecified atom stereocenters. The predicted molar refractivity (Wildman–Crippen MR) is 63.7 cm³/mol. The van der Waals surface area contributed by atoms with Gasteiger partial charge in [-0.25, -0.2) is 4.39 Å². The molecular weight excluding hydrogens is 266 g/mol. The third-order valence-corrected chi connectivity index (χ3v) is 2.73. The Bertz CT molecular complexity index is 516. The van der Waals surface area contributed by atoms with Crippen LogP contribution in [0.25, 0.3) is 11.5 Å². The van der Waals surface area contributed by atoms with Crippen LogP contribution in [0.4, 0.5) is 4.39 Å². The maximum atomic E-state index is 13.2. The first kappa shape index (κ1) is 12.3. The van der Waals surface area contributed by atoms with E-state index in [4.69, 9.17) is 27.6 Å². The summed E-state index contributed by atoms with van der Waals surface area (Å²) in [6.45, 7) is 0. The Morgan fingerprint density at radius 2 is 2.12 bits per heavy atom. The number of hydrogen-bond acceptors (Lipinski definition) is 3. The fraction of sp³-hybridized carbons (Fsp3) is 0.273. The second kappa shape index (κ2) is 5.47. The van der Waals surface area contributed by atoms with Gasteiger partial charge in [-0.15, -0.1) is 21.8 Å². The molecule has 0 aliphatic heterocycles. The summed E-state index contributed by atoms with van der Waals surface area (Å²) in [5.41, 5.74) is 0.511. The highest BCUT2D eigenvalue weighted by molar-refractivity contribution is 6.30. The lowest BCUT2D eigenvalue weighted by molar-refractivity contribution is 0.502. The number of rotatable bonds is 4. The molecular formula is C11H9Cl2FN2O. The number of hydrogen-bond donors (Lipinski definition) is 0. The molecule has 0 spiro atoms. The highest BCUT2D eigenvalue weighted by Gasteiger charge is 2.10. The van der Waals surface area contributed by atoms with Gasteiger partial charge in [0, 0.05) is 17.9 Å².